The average molecular weight is 482 g/mol. The van der Waals surface area contributed by atoms with E-state index in [1.54, 1.807) is 52.0 Å². The molecule has 3 amide bonds. The van der Waals surface area contributed by atoms with Crippen molar-refractivity contribution in [2.45, 2.75) is 77.6 Å². The van der Waals surface area contributed by atoms with Crippen molar-refractivity contribution in [2.24, 2.45) is 0 Å². The second-order valence-corrected chi connectivity index (χ2v) is 9.96. The number of aryl methyl sites for hydroxylation is 1. The second kappa shape index (κ2) is 10.8. The van der Waals surface area contributed by atoms with Crippen molar-refractivity contribution in [3.05, 3.63) is 59.7 Å². The molecule has 1 aliphatic rings. The molecule has 0 radical (unpaired) electrons. The van der Waals surface area contributed by atoms with Crippen molar-refractivity contribution < 1.29 is 24.2 Å². The highest BCUT2D eigenvalue weighted by Gasteiger charge is 2.42. The number of hydrogen-bond donors (Lipinski definition) is 3. The van der Waals surface area contributed by atoms with Gasteiger partial charge in [-0.25, -0.2) is 4.79 Å². The molecule has 2 unspecified atom stereocenters. The lowest BCUT2D eigenvalue weighted by Crippen LogP contribution is -2.56. The number of aromatic hydroxyl groups is 1. The van der Waals surface area contributed by atoms with Gasteiger partial charge in [0.05, 0.1) is 0 Å². The van der Waals surface area contributed by atoms with Crippen molar-refractivity contribution in [1.82, 2.24) is 10.2 Å². The van der Waals surface area contributed by atoms with E-state index in [4.69, 9.17) is 4.74 Å². The Kier molecular flexibility index (Phi) is 8.04. The molecule has 1 saturated carbocycles. The first-order valence-electron chi connectivity index (χ1n) is 11.9. The Balaban J connectivity index is 1.96. The fourth-order valence-corrected chi connectivity index (χ4v) is 4.00. The van der Waals surface area contributed by atoms with Crippen LogP contribution in [0.1, 0.15) is 64.1 Å². The number of nitrogens with one attached hydrogen (secondary N) is 2. The largest absolute Gasteiger partial charge is 0.508 e. The van der Waals surface area contributed by atoms with Gasteiger partial charge in [0.2, 0.25) is 5.91 Å². The van der Waals surface area contributed by atoms with Crippen LogP contribution in [0.2, 0.25) is 0 Å². The van der Waals surface area contributed by atoms with Gasteiger partial charge < -0.3 is 25.4 Å². The van der Waals surface area contributed by atoms with Gasteiger partial charge in [0.15, 0.2) is 0 Å². The lowest BCUT2D eigenvalue weighted by Gasteiger charge is -2.43. The molecule has 188 valence electrons. The highest BCUT2D eigenvalue weighted by Crippen LogP contribution is 2.37. The monoisotopic (exact) mass is 481 g/mol. The van der Waals surface area contributed by atoms with Crippen molar-refractivity contribution in [1.29, 1.82) is 0 Å². The number of para-hydroxylation sites is 2. The Morgan fingerprint density at radius 2 is 1.69 bits per heavy atom. The third kappa shape index (κ3) is 6.53. The number of carbonyl (C=O) groups excluding carboxylic acids is 3. The summed E-state index contributed by atoms with van der Waals surface area (Å²) in [7, 11) is 0. The molecule has 2 atom stereocenters. The molecular formula is C27H35N3O5. The van der Waals surface area contributed by atoms with Gasteiger partial charge in [-0.2, -0.15) is 0 Å². The molecule has 3 rings (SSSR count). The van der Waals surface area contributed by atoms with E-state index >= 15 is 0 Å². The van der Waals surface area contributed by atoms with Crippen molar-refractivity contribution in [2.75, 3.05) is 5.32 Å². The molecule has 35 heavy (non-hydrogen) atoms. The SMILES string of the molecule is Cc1ccccc1NC(=O)C(c1ccccc1O)N(C(=O)C(C)NC(=O)OC(C)(C)C)C1CCC1. The molecule has 0 aromatic heterocycles. The molecule has 1 aliphatic carbocycles. The molecule has 2 aromatic rings. The summed E-state index contributed by atoms with van der Waals surface area (Å²) in [5.41, 5.74) is 1.10. The first-order chi connectivity index (χ1) is 16.5. The van der Waals surface area contributed by atoms with Crippen LogP contribution in [-0.2, 0) is 14.3 Å². The second-order valence-electron chi connectivity index (χ2n) is 9.96. The third-order valence-corrected chi connectivity index (χ3v) is 5.99. The molecule has 8 nitrogen and oxygen atoms in total. The molecule has 0 saturated heterocycles. The van der Waals surface area contributed by atoms with Crippen LogP contribution in [-0.4, -0.2) is 45.6 Å². The van der Waals surface area contributed by atoms with Gasteiger partial charge in [0.25, 0.3) is 5.91 Å². The molecule has 2 aromatic carbocycles. The topological polar surface area (TPSA) is 108 Å². The number of nitrogens with zero attached hydrogens (tertiary/aromatic N) is 1. The van der Waals surface area contributed by atoms with Gasteiger partial charge in [-0.1, -0.05) is 36.4 Å². The van der Waals surface area contributed by atoms with E-state index in [9.17, 15) is 19.5 Å². The lowest BCUT2D eigenvalue weighted by molar-refractivity contribution is -0.145. The molecule has 0 bridgehead atoms. The smallest absolute Gasteiger partial charge is 0.408 e. The Morgan fingerprint density at radius 3 is 2.26 bits per heavy atom. The predicted molar refractivity (Wildman–Crippen MR) is 134 cm³/mol. The first-order valence-corrected chi connectivity index (χ1v) is 11.9. The number of amides is 3. The average Bonchev–Trinajstić information content (AvgIpc) is 2.73. The predicted octanol–water partition coefficient (Wildman–Crippen LogP) is 4.67. The molecule has 1 fully saturated rings. The van der Waals surface area contributed by atoms with Crippen LogP contribution in [0, 0.1) is 6.92 Å². The van der Waals surface area contributed by atoms with Gasteiger partial charge in [0, 0.05) is 17.3 Å². The number of anilines is 1. The number of hydrogen-bond acceptors (Lipinski definition) is 5. The fourth-order valence-electron chi connectivity index (χ4n) is 4.00. The summed E-state index contributed by atoms with van der Waals surface area (Å²) >= 11 is 0. The third-order valence-electron chi connectivity index (χ3n) is 5.99. The number of alkyl carbamates (subject to hydrolysis) is 1. The molecular weight excluding hydrogens is 446 g/mol. The van der Waals surface area contributed by atoms with Gasteiger partial charge in [0.1, 0.15) is 23.4 Å². The Labute approximate surface area is 206 Å². The van der Waals surface area contributed by atoms with E-state index in [-0.39, 0.29) is 11.8 Å². The minimum absolute atomic E-state index is 0.0812. The quantitative estimate of drug-likeness (QED) is 0.532. The van der Waals surface area contributed by atoms with E-state index < -0.39 is 35.6 Å². The summed E-state index contributed by atoms with van der Waals surface area (Å²) in [4.78, 5) is 41.3. The highest BCUT2D eigenvalue weighted by molar-refractivity contribution is 5.99. The molecule has 8 heteroatoms. The number of phenolic OH excluding ortho intramolecular Hbond substituents is 1. The van der Waals surface area contributed by atoms with E-state index in [2.05, 4.69) is 10.6 Å². The minimum Gasteiger partial charge on any atom is -0.508 e. The Morgan fingerprint density at radius 1 is 1.06 bits per heavy atom. The maximum absolute atomic E-state index is 13.7. The van der Waals surface area contributed by atoms with Crippen molar-refractivity contribution in [3.63, 3.8) is 0 Å². The van der Waals surface area contributed by atoms with E-state index in [0.29, 0.717) is 11.3 Å². The van der Waals surface area contributed by atoms with Crippen LogP contribution in [0.4, 0.5) is 10.5 Å². The van der Waals surface area contributed by atoms with Crippen LogP contribution in [0.5, 0.6) is 5.75 Å². The normalized spacial score (nSPS) is 15.3. The summed E-state index contributed by atoms with van der Waals surface area (Å²) in [6.07, 6.45) is 1.67. The van der Waals surface area contributed by atoms with Gasteiger partial charge in [-0.05, 0) is 71.6 Å². The molecule has 0 spiro atoms. The minimum atomic E-state index is -1.09. The number of ether oxygens (including phenoxy) is 1. The summed E-state index contributed by atoms with van der Waals surface area (Å²) in [5.74, 6) is -0.943. The van der Waals surface area contributed by atoms with Crippen LogP contribution < -0.4 is 10.6 Å². The molecule has 0 heterocycles. The Hall–Kier alpha value is -3.55. The molecule has 0 aliphatic heterocycles. The lowest BCUT2D eigenvalue weighted by atomic mass is 9.88. The van der Waals surface area contributed by atoms with E-state index in [0.717, 1.165) is 24.8 Å². The summed E-state index contributed by atoms with van der Waals surface area (Å²) in [6, 6.07) is 11.7. The number of phenols is 1. The number of carbonyl (C=O) groups is 3. The van der Waals surface area contributed by atoms with Crippen molar-refractivity contribution in [3.8, 4) is 5.75 Å². The zero-order valence-corrected chi connectivity index (χ0v) is 21.0. The van der Waals surface area contributed by atoms with Gasteiger partial charge >= 0.3 is 6.09 Å². The Bertz CT molecular complexity index is 1070. The standard InChI is InChI=1S/C27H35N3O5/c1-17-11-6-8-15-21(17)29-24(32)23(20-14-7-9-16-22(20)31)30(19-12-10-13-19)25(33)18(2)28-26(34)35-27(3,4)5/h6-9,11,14-16,18-19,23,31H,10,12-13H2,1-5H3,(H,28,34)(H,29,32). The van der Waals surface area contributed by atoms with Crippen molar-refractivity contribution >= 4 is 23.6 Å². The fraction of sp³-hybridized carbons (Fsp3) is 0.444. The van der Waals surface area contributed by atoms with Crippen LogP contribution >= 0.6 is 0 Å². The van der Waals surface area contributed by atoms with Crippen LogP contribution in [0.3, 0.4) is 0 Å². The zero-order valence-electron chi connectivity index (χ0n) is 21.0. The maximum atomic E-state index is 13.7. The van der Waals surface area contributed by atoms with E-state index in [1.807, 2.05) is 25.1 Å². The first kappa shape index (κ1) is 26.1. The summed E-state index contributed by atoms with van der Waals surface area (Å²) < 4.78 is 5.30. The summed E-state index contributed by atoms with van der Waals surface area (Å²) in [6.45, 7) is 8.67. The van der Waals surface area contributed by atoms with Gasteiger partial charge in [-0.15, -0.1) is 0 Å². The highest BCUT2D eigenvalue weighted by atomic mass is 16.6. The van der Waals surface area contributed by atoms with Crippen LogP contribution in [0.15, 0.2) is 48.5 Å². The maximum Gasteiger partial charge on any atom is 0.408 e. The molecule has 3 N–H and O–H groups in total. The van der Waals surface area contributed by atoms with E-state index in [1.165, 1.54) is 11.0 Å². The van der Waals surface area contributed by atoms with Gasteiger partial charge in [-0.3, -0.25) is 9.59 Å². The zero-order chi connectivity index (χ0) is 25.8. The number of benzene rings is 2. The van der Waals surface area contributed by atoms with Crippen LogP contribution in [0.25, 0.3) is 0 Å². The number of rotatable bonds is 7. The summed E-state index contributed by atoms with van der Waals surface area (Å²) in [5, 5.41) is 16.2.